The van der Waals surface area contributed by atoms with Crippen LogP contribution in [0.25, 0.3) is 0 Å². The van der Waals surface area contributed by atoms with Crippen LogP contribution in [0.4, 0.5) is 23.2 Å². The first kappa shape index (κ1) is 19.2. The van der Waals surface area contributed by atoms with Crippen molar-refractivity contribution in [2.75, 3.05) is 5.32 Å². The molecule has 0 radical (unpaired) electrons. The minimum atomic E-state index is -4.73. The number of anilines is 1. The molecule has 0 saturated carbocycles. The van der Waals surface area contributed by atoms with Crippen LogP contribution in [0, 0.1) is 5.82 Å². The number of carbonyl (C=O) groups is 1. The highest BCUT2D eigenvalue weighted by atomic mass is 35.5. The van der Waals surface area contributed by atoms with Crippen molar-refractivity contribution in [3.05, 3.63) is 58.4 Å². The zero-order valence-electron chi connectivity index (χ0n) is 12.1. The molecule has 0 aromatic heterocycles. The molecule has 0 atom stereocenters. The van der Waals surface area contributed by atoms with E-state index in [-0.39, 0.29) is 10.6 Å². The zero-order chi connectivity index (χ0) is 19.0. The molecule has 2 aromatic rings. The fourth-order valence-electron chi connectivity index (χ4n) is 1.85. The highest BCUT2D eigenvalue weighted by Gasteiger charge is 2.31. The molecule has 2 aromatic carbocycles. The first-order valence-electron chi connectivity index (χ1n) is 6.40. The molecule has 0 spiro atoms. The van der Waals surface area contributed by atoms with Gasteiger partial charge in [-0.05, 0) is 36.4 Å². The van der Waals surface area contributed by atoms with Crippen molar-refractivity contribution in [1.29, 1.82) is 0 Å². The van der Waals surface area contributed by atoms with E-state index in [1.807, 2.05) is 5.32 Å². The predicted molar refractivity (Wildman–Crippen MR) is 82.2 cm³/mol. The summed E-state index contributed by atoms with van der Waals surface area (Å²) in [6.45, 7) is 0. The molecule has 0 unspecified atom stereocenters. The molecule has 0 saturated heterocycles. The molecule has 0 aliphatic carbocycles. The number of nitrogens with one attached hydrogen (secondary N) is 1. The third-order valence-electron chi connectivity index (χ3n) is 3.04. The summed E-state index contributed by atoms with van der Waals surface area (Å²) < 4.78 is 74.4. The second-order valence-corrected chi connectivity index (χ2v) is 6.77. The largest absolute Gasteiger partial charge is 0.416 e. The number of benzene rings is 2. The van der Waals surface area contributed by atoms with Crippen LogP contribution in [-0.2, 0) is 16.2 Å². The Morgan fingerprint density at radius 1 is 1.12 bits per heavy atom. The molecule has 134 valence electrons. The van der Waals surface area contributed by atoms with E-state index in [2.05, 4.69) is 0 Å². The van der Waals surface area contributed by atoms with Crippen LogP contribution in [0.5, 0.6) is 0 Å². The Hall–Kier alpha value is -2.17. The first-order valence-corrected chi connectivity index (χ1v) is 8.32. The van der Waals surface area contributed by atoms with E-state index in [1.165, 1.54) is 0 Å². The second-order valence-electron chi connectivity index (χ2n) is 4.84. The molecule has 2 rings (SSSR count). The van der Waals surface area contributed by atoms with E-state index in [1.54, 1.807) is 0 Å². The van der Waals surface area contributed by atoms with Gasteiger partial charge in [0.1, 0.15) is 10.7 Å². The predicted octanol–water partition coefficient (Wildman–Crippen LogP) is 3.40. The van der Waals surface area contributed by atoms with Crippen LogP contribution in [0.3, 0.4) is 0 Å². The Bertz CT molecular complexity index is 946. The number of alkyl halides is 3. The van der Waals surface area contributed by atoms with Gasteiger partial charge in [0.25, 0.3) is 5.91 Å². The van der Waals surface area contributed by atoms with Crippen LogP contribution in [0.1, 0.15) is 15.9 Å². The Kier molecular flexibility index (Phi) is 5.07. The third kappa shape index (κ3) is 4.47. The summed E-state index contributed by atoms with van der Waals surface area (Å²) in [6, 6.07) is 4.50. The maximum Gasteiger partial charge on any atom is 0.416 e. The van der Waals surface area contributed by atoms with E-state index in [9.17, 15) is 30.8 Å². The zero-order valence-corrected chi connectivity index (χ0v) is 13.6. The van der Waals surface area contributed by atoms with Gasteiger partial charge in [-0.1, -0.05) is 11.6 Å². The Morgan fingerprint density at radius 3 is 2.32 bits per heavy atom. The maximum absolute atomic E-state index is 13.6. The van der Waals surface area contributed by atoms with Crippen LogP contribution >= 0.6 is 11.6 Å². The molecule has 25 heavy (non-hydrogen) atoms. The monoisotopic (exact) mass is 396 g/mol. The van der Waals surface area contributed by atoms with Crippen molar-refractivity contribution >= 4 is 33.2 Å². The number of halogens is 5. The van der Waals surface area contributed by atoms with Crippen molar-refractivity contribution in [2.24, 2.45) is 5.14 Å². The molecule has 0 aliphatic heterocycles. The number of carbonyl (C=O) groups excluding carboxylic acids is 1. The van der Waals surface area contributed by atoms with E-state index < -0.39 is 44.1 Å². The lowest BCUT2D eigenvalue weighted by Crippen LogP contribution is -2.17. The number of nitrogens with two attached hydrogens (primary N) is 1. The van der Waals surface area contributed by atoms with Gasteiger partial charge in [0.05, 0.1) is 16.3 Å². The van der Waals surface area contributed by atoms with Gasteiger partial charge >= 0.3 is 6.18 Å². The van der Waals surface area contributed by atoms with E-state index in [0.29, 0.717) is 18.2 Å². The number of hydrogen-bond donors (Lipinski definition) is 2. The molecule has 11 heteroatoms. The molecule has 1 amide bonds. The van der Waals surface area contributed by atoms with Gasteiger partial charge in [-0.3, -0.25) is 4.79 Å². The van der Waals surface area contributed by atoms with Gasteiger partial charge in [0, 0.05) is 5.56 Å². The normalized spacial score (nSPS) is 12.1. The SMILES string of the molecule is NS(=O)(=O)c1cc(C(=O)Nc2cc(C(F)(F)F)ccc2F)ccc1Cl. The molecular formula is C14H9ClF4N2O3S. The van der Waals surface area contributed by atoms with Crippen molar-refractivity contribution in [3.8, 4) is 0 Å². The Balaban J connectivity index is 2.38. The smallest absolute Gasteiger partial charge is 0.319 e. The third-order valence-corrected chi connectivity index (χ3v) is 4.43. The first-order chi connectivity index (χ1) is 11.4. The summed E-state index contributed by atoms with van der Waals surface area (Å²) in [6.07, 6.45) is -4.73. The second kappa shape index (κ2) is 6.62. The van der Waals surface area contributed by atoms with Gasteiger partial charge in [0.15, 0.2) is 0 Å². The van der Waals surface area contributed by atoms with Gasteiger partial charge in [-0.15, -0.1) is 0 Å². The van der Waals surface area contributed by atoms with Gasteiger partial charge in [-0.2, -0.15) is 13.2 Å². The van der Waals surface area contributed by atoms with Gasteiger partial charge in [-0.25, -0.2) is 17.9 Å². The lowest BCUT2D eigenvalue weighted by Gasteiger charge is -2.11. The minimum absolute atomic E-state index is 0.246. The fourth-order valence-corrected chi connectivity index (χ4v) is 2.93. The highest BCUT2D eigenvalue weighted by molar-refractivity contribution is 7.89. The molecular weight excluding hydrogens is 388 g/mol. The van der Waals surface area contributed by atoms with Gasteiger partial charge in [0.2, 0.25) is 10.0 Å². The lowest BCUT2D eigenvalue weighted by atomic mass is 10.1. The van der Waals surface area contributed by atoms with Gasteiger partial charge < -0.3 is 5.32 Å². The van der Waals surface area contributed by atoms with Crippen molar-refractivity contribution in [3.63, 3.8) is 0 Å². The van der Waals surface area contributed by atoms with Crippen LogP contribution in [0.2, 0.25) is 5.02 Å². The highest BCUT2D eigenvalue weighted by Crippen LogP contribution is 2.32. The summed E-state index contributed by atoms with van der Waals surface area (Å²) in [7, 11) is -4.23. The molecule has 0 bridgehead atoms. The number of hydrogen-bond acceptors (Lipinski definition) is 3. The minimum Gasteiger partial charge on any atom is -0.319 e. The topological polar surface area (TPSA) is 89.3 Å². The Morgan fingerprint density at radius 2 is 1.76 bits per heavy atom. The van der Waals surface area contributed by atoms with Crippen molar-refractivity contribution in [1.82, 2.24) is 0 Å². The van der Waals surface area contributed by atoms with Crippen molar-refractivity contribution in [2.45, 2.75) is 11.1 Å². The number of sulfonamides is 1. The molecule has 3 N–H and O–H groups in total. The van der Waals surface area contributed by atoms with E-state index in [0.717, 1.165) is 18.2 Å². The molecule has 0 heterocycles. The van der Waals surface area contributed by atoms with Crippen molar-refractivity contribution < 1.29 is 30.8 Å². The number of primary sulfonamides is 1. The summed E-state index contributed by atoms with van der Waals surface area (Å²) in [5.41, 5.74) is -2.16. The quantitative estimate of drug-likeness (QED) is 0.779. The summed E-state index contributed by atoms with van der Waals surface area (Å²) >= 11 is 5.67. The summed E-state index contributed by atoms with van der Waals surface area (Å²) in [5.74, 6) is -2.14. The van der Waals surface area contributed by atoms with E-state index in [4.69, 9.17) is 16.7 Å². The average molecular weight is 397 g/mol. The summed E-state index contributed by atoms with van der Waals surface area (Å²) in [4.78, 5) is 11.5. The van der Waals surface area contributed by atoms with E-state index >= 15 is 0 Å². The number of rotatable bonds is 3. The van der Waals surface area contributed by atoms with Crippen LogP contribution in [-0.4, -0.2) is 14.3 Å². The van der Waals surface area contributed by atoms with Crippen LogP contribution in [0.15, 0.2) is 41.3 Å². The fraction of sp³-hybridized carbons (Fsp3) is 0.0714. The lowest BCUT2D eigenvalue weighted by molar-refractivity contribution is -0.137. The number of amides is 1. The average Bonchev–Trinajstić information content (AvgIpc) is 2.47. The molecule has 0 aliphatic rings. The van der Waals surface area contributed by atoms with Crippen LogP contribution < -0.4 is 10.5 Å². The molecule has 0 fully saturated rings. The maximum atomic E-state index is 13.6. The molecule has 5 nitrogen and oxygen atoms in total. The Labute approximate surface area is 144 Å². The standard InChI is InChI=1S/C14H9ClF4N2O3S/c15-9-3-1-7(5-12(9)25(20,23)24)13(22)21-11-6-8(14(17,18)19)2-4-10(11)16/h1-6H,(H,21,22)(H2,20,23,24). The summed E-state index contributed by atoms with van der Waals surface area (Å²) in [5, 5.41) is 6.64.